The van der Waals surface area contributed by atoms with Gasteiger partial charge in [-0.15, -0.1) is 36.7 Å². The molecule has 0 amide bonds. The molecule has 1 aromatic carbocycles. The van der Waals surface area contributed by atoms with E-state index in [1.807, 2.05) is 0 Å². The van der Waals surface area contributed by atoms with Gasteiger partial charge in [-0.3, -0.25) is 0 Å². The van der Waals surface area contributed by atoms with Crippen molar-refractivity contribution >= 4 is 46.4 Å². The van der Waals surface area contributed by atoms with Crippen LogP contribution in [0, 0.1) is 0 Å². The highest BCUT2D eigenvalue weighted by molar-refractivity contribution is 14.1. The summed E-state index contributed by atoms with van der Waals surface area (Å²) in [6.45, 7) is 0. The number of fused-ring (bicyclic) bond motifs is 4. The van der Waals surface area contributed by atoms with Gasteiger partial charge in [0.25, 0.3) is 0 Å². The first-order valence-corrected chi connectivity index (χ1v) is 9.05. The zero-order valence-corrected chi connectivity index (χ0v) is 14.4. The minimum atomic E-state index is 0.859. The molecule has 102 valence electrons. The summed E-state index contributed by atoms with van der Waals surface area (Å²) >= 11 is 5.70. The Kier molecular flexibility index (Phi) is 4.85. The maximum atomic E-state index is 4.46. The summed E-state index contributed by atoms with van der Waals surface area (Å²) in [7, 11) is 0. The van der Waals surface area contributed by atoms with E-state index in [1.54, 1.807) is 26.5 Å². The molecule has 0 unspecified atom stereocenters. The zero-order valence-electron chi connectivity index (χ0n) is 10.6. The predicted molar refractivity (Wildman–Crippen MR) is 92.6 cm³/mol. The molecule has 0 spiro atoms. The normalized spacial score (nSPS) is 13.4. The van der Waals surface area contributed by atoms with Gasteiger partial charge in [-0.2, -0.15) is 0 Å². The summed E-state index contributed by atoms with van der Waals surface area (Å²) in [5, 5.41) is 8.92. The van der Waals surface area contributed by atoms with E-state index in [-0.39, 0.29) is 0 Å². The number of aromatic nitrogens is 3. The highest BCUT2D eigenvalue weighted by Crippen LogP contribution is 2.29. The molecule has 2 aromatic rings. The molecule has 2 heterocycles. The molecule has 3 rings (SSSR count). The molecule has 0 atom stereocenters. The molecule has 0 saturated carbocycles. The molecule has 0 radical (unpaired) electrons. The van der Waals surface area contributed by atoms with Gasteiger partial charge in [-0.05, 0) is 24.3 Å². The molecule has 20 heavy (non-hydrogen) atoms. The standard InChI is InChI=1S/C14H12IN3S2/c15-18-16-13-9-19-11-5-3-1-2-4-6-12(8-7-11)20-10-14(13)17-18/h1-8H,9-10H2. The molecule has 3 nitrogen and oxygen atoms in total. The first-order valence-electron chi connectivity index (χ1n) is 6.11. The summed E-state index contributed by atoms with van der Waals surface area (Å²) in [4.78, 5) is 2.47. The molecule has 0 saturated heterocycles. The molecular formula is C14H12IN3S2. The third-order valence-electron chi connectivity index (χ3n) is 2.76. The molecular weight excluding hydrogens is 401 g/mol. The number of rotatable bonds is 0. The highest BCUT2D eigenvalue weighted by Gasteiger charge is 2.12. The van der Waals surface area contributed by atoms with Crippen LogP contribution >= 0.6 is 46.4 Å². The van der Waals surface area contributed by atoms with Crippen molar-refractivity contribution in [3.8, 4) is 0 Å². The Labute approximate surface area is 140 Å². The molecule has 1 aromatic heterocycles. The number of hydrogen-bond acceptors (Lipinski definition) is 4. The van der Waals surface area contributed by atoms with Gasteiger partial charge in [-0.1, -0.05) is 24.3 Å². The second-order valence-corrected chi connectivity index (χ2v) is 7.11. The summed E-state index contributed by atoms with van der Waals surface area (Å²) in [5.41, 5.74) is 2.16. The van der Waals surface area contributed by atoms with Gasteiger partial charge in [0.15, 0.2) is 0 Å². The number of nitrogens with zero attached hydrogens (tertiary/aromatic N) is 3. The molecule has 6 heteroatoms. The van der Waals surface area contributed by atoms with Crippen molar-refractivity contribution in [3.05, 3.63) is 59.9 Å². The van der Waals surface area contributed by atoms with Crippen molar-refractivity contribution in [2.24, 2.45) is 0 Å². The Balaban J connectivity index is 2.06. The Hall–Kier alpha value is -0.730. The highest BCUT2D eigenvalue weighted by atomic mass is 127. The third-order valence-corrected chi connectivity index (χ3v) is 5.23. The van der Waals surface area contributed by atoms with Gasteiger partial charge in [-0.25, -0.2) is 0 Å². The molecule has 1 aliphatic heterocycles. The first-order chi connectivity index (χ1) is 9.81. The lowest BCUT2D eigenvalue weighted by Crippen LogP contribution is -1.90. The minimum absolute atomic E-state index is 0.859. The fourth-order valence-electron chi connectivity index (χ4n) is 1.76. The molecule has 0 N–H and O–H groups in total. The van der Waals surface area contributed by atoms with Crippen LogP contribution in [0.2, 0.25) is 0 Å². The third kappa shape index (κ3) is 3.67. The fraction of sp³-hybridized carbons (Fsp3) is 0.143. The van der Waals surface area contributed by atoms with Gasteiger partial charge in [0, 0.05) is 21.3 Å². The first kappa shape index (κ1) is 14.2. The molecule has 0 aliphatic carbocycles. The van der Waals surface area contributed by atoms with Crippen molar-refractivity contribution < 1.29 is 0 Å². The van der Waals surface area contributed by atoms with Crippen LogP contribution in [0.3, 0.4) is 0 Å². The van der Waals surface area contributed by atoms with Crippen LogP contribution in [0.15, 0.2) is 58.3 Å². The van der Waals surface area contributed by atoms with Gasteiger partial charge in [0.1, 0.15) is 22.9 Å². The van der Waals surface area contributed by atoms with Crippen LogP contribution in [0.4, 0.5) is 0 Å². The van der Waals surface area contributed by atoms with Crippen molar-refractivity contribution in [1.29, 1.82) is 0 Å². The lowest BCUT2D eigenvalue weighted by atomic mass is 10.4. The Bertz CT molecular complexity index is 616. The van der Waals surface area contributed by atoms with Crippen molar-refractivity contribution in [1.82, 2.24) is 13.2 Å². The lowest BCUT2D eigenvalue weighted by molar-refractivity contribution is 0.886. The number of halogens is 1. The van der Waals surface area contributed by atoms with E-state index in [9.17, 15) is 0 Å². The van der Waals surface area contributed by atoms with Crippen LogP contribution in [0.5, 0.6) is 0 Å². The largest absolute Gasteiger partial charge is 0.147 e. The second kappa shape index (κ2) is 6.82. The smallest absolute Gasteiger partial charge is 0.111 e. The van der Waals surface area contributed by atoms with Crippen LogP contribution in [-0.4, -0.2) is 13.2 Å². The number of thioether (sulfide) groups is 2. The van der Waals surface area contributed by atoms with Crippen LogP contribution in [0.1, 0.15) is 11.4 Å². The van der Waals surface area contributed by atoms with Crippen LogP contribution in [-0.2, 0) is 11.5 Å². The predicted octanol–water partition coefficient (Wildman–Crippen LogP) is 4.50. The van der Waals surface area contributed by atoms with Gasteiger partial charge in [0.2, 0.25) is 0 Å². The van der Waals surface area contributed by atoms with E-state index in [0.717, 1.165) is 22.9 Å². The maximum absolute atomic E-state index is 4.46. The quantitative estimate of drug-likeness (QED) is 0.596. The van der Waals surface area contributed by atoms with E-state index in [2.05, 4.69) is 81.6 Å². The van der Waals surface area contributed by atoms with Crippen molar-refractivity contribution in [2.45, 2.75) is 21.3 Å². The molecule has 2 bridgehead atoms. The molecule has 0 fully saturated rings. The number of hydrogen-bond donors (Lipinski definition) is 0. The second-order valence-electron chi connectivity index (χ2n) is 4.15. The average molecular weight is 413 g/mol. The summed E-state index contributed by atoms with van der Waals surface area (Å²) in [5.74, 6) is 1.72. The Morgan fingerprint density at radius 2 is 1.30 bits per heavy atom. The fourth-order valence-corrected chi connectivity index (χ4v) is 4.02. The van der Waals surface area contributed by atoms with Gasteiger partial charge in [0.05, 0.1) is 11.4 Å². The minimum Gasteiger partial charge on any atom is -0.147 e. The topological polar surface area (TPSA) is 30.7 Å². The maximum Gasteiger partial charge on any atom is 0.111 e. The summed E-state index contributed by atoms with van der Waals surface area (Å²) < 4.78 is 1.64. The monoisotopic (exact) mass is 413 g/mol. The molecule has 1 aliphatic rings. The SMILES string of the molecule is In1nc2c(n1)CSc1ccccccc(cc1)SC2. The van der Waals surface area contributed by atoms with E-state index >= 15 is 0 Å². The van der Waals surface area contributed by atoms with Crippen LogP contribution in [0.25, 0.3) is 0 Å². The van der Waals surface area contributed by atoms with Crippen LogP contribution < -0.4 is 0 Å². The van der Waals surface area contributed by atoms with E-state index < -0.39 is 0 Å². The van der Waals surface area contributed by atoms with E-state index in [1.165, 1.54) is 9.79 Å². The lowest BCUT2D eigenvalue weighted by Gasteiger charge is -2.04. The van der Waals surface area contributed by atoms with Crippen molar-refractivity contribution in [3.63, 3.8) is 0 Å². The van der Waals surface area contributed by atoms with E-state index in [0.29, 0.717) is 0 Å². The summed E-state index contributed by atoms with van der Waals surface area (Å²) in [6.07, 6.45) is 0. The Morgan fingerprint density at radius 3 is 1.80 bits per heavy atom. The Morgan fingerprint density at radius 1 is 0.800 bits per heavy atom. The van der Waals surface area contributed by atoms with Gasteiger partial charge >= 0.3 is 0 Å². The zero-order chi connectivity index (χ0) is 13.8. The summed E-state index contributed by atoms with van der Waals surface area (Å²) in [6, 6.07) is 16.9. The van der Waals surface area contributed by atoms with Crippen molar-refractivity contribution in [2.75, 3.05) is 0 Å². The average Bonchev–Trinajstić information content (AvgIpc) is 2.81. The van der Waals surface area contributed by atoms with E-state index in [4.69, 9.17) is 0 Å². The van der Waals surface area contributed by atoms with Gasteiger partial charge < -0.3 is 0 Å².